The molecule has 106 valence electrons. The molecule has 5 heteroatoms. The van der Waals surface area contributed by atoms with Gasteiger partial charge in [0.2, 0.25) is 0 Å². The van der Waals surface area contributed by atoms with E-state index in [0.29, 0.717) is 30.2 Å². The molecule has 0 amide bonds. The molecule has 0 radical (unpaired) electrons. The molecule has 0 heterocycles. The molecule has 0 aliphatic rings. The van der Waals surface area contributed by atoms with Crippen LogP contribution in [0.2, 0.25) is 0 Å². The fourth-order valence-electron chi connectivity index (χ4n) is 1.68. The van der Waals surface area contributed by atoms with Gasteiger partial charge in [0.05, 0.1) is 18.7 Å². The first-order valence-corrected chi connectivity index (χ1v) is 6.95. The number of unbranched alkanes of at least 4 members (excludes halogenated alkanes) is 2. The lowest BCUT2D eigenvalue weighted by Crippen LogP contribution is -2.33. The van der Waals surface area contributed by atoms with Gasteiger partial charge in [-0.25, -0.2) is 0 Å². The zero-order valence-electron chi connectivity index (χ0n) is 11.8. The minimum atomic E-state index is -1.59. The van der Waals surface area contributed by atoms with Gasteiger partial charge in [0.25, 0.3) is 0 Å². The van der Waals surface area contributed by atoms with E-state index >= 15 is 0 Å². The summed E-state index contributed by atoms with van der Waals surface area (Å²) in [6.07, 6.45) is 3.93. The topological polar surface area (TPSA) is 58.9 Å². The number of ether oxygens (including phenoxy) is 2. The maximum Gasteiger partial charge on any atom is 0.496 e. The Bertz CT molecular complexity index is 340. The van der Waals surface area contributed by atoms with E-state index in [4.69, 9.17) is 9.47 Å². The van der Waals surface area contributed by atoms with Crippen molar-refractivity contribution in [3.8, 4) is 11.5 Å². The van der Waals surface area contributed by atoms with Gasteiger partial charge in [-0.05, 0) is 25.0 Å². The van der Waals surface area contributed by atoms with Gasteiger partial charge in [-0.3, -0.25) is 0 Å². The van der Waals surface area contributed by atoms with Crippen molar-refractivity contribution in [3.05, 3.63) is 18.2 Å². The Morgan fingerprint density at radius 2 is 1.42 bits per heavy atom. The van der Waals surface area contributed by atoms with Crippen molar-refractivity contribution in [3.63, 3.8) is 0 Å². The van der Waals surface area contributed by atoms with Crippen molar-refractivity contribution < 1.29 is 19.5 Å². The summed E-state index contributed by atoms with van der Waals surface area (Å²) >= 11 is 0. The van der Waals surface area contributed by atoms with Gasteiger partial charge in [-0.15, -0.1) is 0 Å². The standard InChI is InChI=1S/C14H23BO4/c1-3-5-10-18-12-8-7-9-13(14(12)15(16)17)19-11-6-4-2/h7-9,16-17H,3-6,10-11H2,1-2H3. The lowest BCUT2D eigenvalue weighted by molar-refractivity contribution is 0.295. The summed E-state index contributed by atoms with van der Waals surface area (Å²) in [4.78, 5) is 0. The van der Waals surface area contributed by atoms with Crippen LogP contribution < -0.4 is 14.9 Å². The minimum absolute atomic E-state index is 0.315. The van der Waals surface area contributed by atoms with E-state index in [9.17, 15) is 10.0 Å². The van der Waals surface area contributed by atoms with Crippen LogP contribution in [0.3, 0.4) is 0 Å². The molecule has 0 aliphatic heterocycles. The van der Waals surface area contributed by atoms with Gasteiger partial charge in [-0.1, -0.05) is 32.8 Å². The maximum absolute atomic E-state index is 9.49. The molecule has 0 saturated heterocycles. The second-order valence-electron chi connectivity index (χ2n) is 4.45. The molecule has 0 spiro atoms. The van der Waals surface area contributed by atoms with Crippen LogP contribution in [0.4, 0.5) is 0 Å². The molecule has 0 fully saturated rings. The van der Waals surface area contributed by atoms with Crippen molar-refractivity contribution in [1.29, 1.82) is 0 Å². The first kappa shape index (κ1) is 15.9. The second-order valence-corrected chi connectivity index (χ2v) is 4.45. The molecule has 0 unspecified atom stereocenters. The van der Waals surface area contributed by atoms with Crippen molar-refractivity contribution in [2.24, 2.45) is 0 Å². The molecule has 1 aromatic rings. The van der Waals surface area contributed by atoms with Gasteiger partial charge in [-0.2, -0.15) is 0 Å². The smallest absolute Gasteiger partial charge is 0.494 e. The van der Waals surface area contributed by atoms with Crippen molar-refractivity contribution in [2.75, 3.05) is 13.2 Å². The monoisotopic (exact) mass is 266 g/mol. The van der Waals surface area contributed by atoms with Gasteiger partial charge in [0, 0.05) is 0 Å². The Labute approximate surface area is 115 Å². The molecule has 19 heavy (non-hydrogen) atoms. The van der Waals surface area contributed by atoms with Crippen molar-refractivity contribution >= 4 is 12.6 Å². The van der Waals surface area contributed by atoms with Crippen LogP contribution >= 0.6 is 0 Å². The average Bonchev–Trinajstić information content (AvgIpc) is 2.39. The third-order valence-electron chi connectivity index (χ3n) is 2.80. The van der Waals surface area contributed by atoms with E-state index in [1.807, 2.05) is 0 Å². The van der Waals surface area contributed by atoms with E-state index in [-0.39, 0.29) is 0 Å². The largest absolute Gasteiger partial charge is 0.496 e. The van der Waals surface area contributed by atoms with Gasteiger partial charge < -0.3 is 19.5 Å². The van der Waals surface area contributed by atoms with Gasteiger partial charge >= 0.3 is 7.12 Å². The zero-order valence-corrected chi connectivity index (χ0v) is 11.8. The first-order chi connectivity index (χ1) is 9.20. The summed E-state index contributed by atoms with van der Waals surface area (Å²) < 4.78 is 11.2. The molecular formula is C14H23BO4. The van der Waals surface area contributed by atoms with Crippen LogP contribution in [0.15, 0.2) is 18.2 Å². The number of rotatable bonds is 9. The zero-order chi connectivity index (χ0) is 14.1. The number of hydrogen-bond acceptors (Lipinski definition) is 4. The molecule has 0 atom stereocenters. The summed E-state index contributed by atoms with van der Waals surface area (Å²) in [7, 11) is -1.59. The third kappa shape index (κ3) is 5.13. The summed E-state index contributed by atoms with van der Waals surface area (Å²) in [5.41, 5.74) is 0.315. The van der Waals surface area contributed by atoms with Crippen LogP contribution in [-0.4, -0.2) is 30.4 Å². The highest BCUT2D eigenvalue weighted by Gasteiger charge is 2.22. The average molecular weight is 266 g/mol. The third-order valence-corrected chi connectivity index (χ3v) is 2.80. The predicted octanol–water partition coefficient (Wildman–Crippen LogP) is 1.72. The lowest BCUT2D eigenvalue weighted by atomic mass is 9.78. The molecule has 0 bridgehead atoms. The number of benzene rings is 1. The van der Waals surface area contributed by atoms with Crippen LogP contribution in [-0.2, 0) is 0 Å². The SMILES string of the molecule is CCCCOc1cccc(OCCCC)c1B(O)O. The van der Waals surface area contributed by atoms with Crippen molar-refractivity contribution in [1.82, 2.24) is 0 Å². The molecule has 1 rings (SSSR count). The van der Waals surface area contributed by atoms with E-state index in [1.165, 1.54) is 0 Å². The summed E-state index contributed by atoms with van der Waals surface area (Å²) in [5, 5.41) is 19.0. The minimum Gasteiger partial charge on any atom is -0.494 e. The molecule has 2 N–H and O–H groups in total. The van der Waals surface area contributed by atoms with E-state index < -0.39 is 7.12 Å². The molecule has 1 aromatic carbocycles. The highest BCUT2D eigenvalue weighted by Crippen LogP contribution is 2.18. The molecular weight excluding hydrogens is 243 g/mol. The Hall–Kier alpha value is -1.20. The highest BCUT2D eigenvalue weighted by molar-refractivity contribution is 6.60. The van der Waals surface area contributed by atoms with Crippen LogP contribution in [0.5, 0.6) is 11.5 Å². The Morgan fingerprint density at radius 1 is 0.947 bits per heavy atom. The van der Waals surface area contributed by atoms with E-state index in [2.05, 4.69) is 13.8 Å². The van der Waals surface area contributed by atoms with Crippen LogP contribution in [0.1, 0.15) is 39.5 Å². The van der Waals surface area contributed by atoms with E-state index in [0.717, 1.165) is 25.7 Å². The second kappa shape index (κ2) is 8.83. The first-order valence-electron chi connectivity index (χ1n) is 6.95. The summed E-state index contributed by atoms with van der Waals surface area (Å²) in [6.45, 7) is 5.29. The molecule has 4 nitrogen and oxygen atoms in total. The summed E-state index contributed by atoms with van der Waals surface area (Å²) in [5.74, 6) is 0.967. The Balaban J connectivity index is 2.81. The number of hydrogen-bond donors (Lipinski definition) is 2. The molecule has 0 saturated carbocycles. The normalized spacial score (nSPS) is 10.3. The van der Waals surface area contributed by atoms with Gasteiger partial charge in [0.15, 0.2) is 0 Å². The fourth-order valence-corrected chi connectivity index (χ4v) is 1.68. The highest BCUT2D eigenvalue weighted by atomic mass is 16.5. The Morgan fingerprint density at radius 3 is 1.79 bits per heavy atom. The van der Waals surface area contributed by atoms with E-state index in [1.54, 1.807) is 18.2 Å². The Kier molecular flexibility index (Phi) is 7.37. The lowest BCUT2D eigenvalue weighted by Gasteiger charge is -2.15. The quantitative estimate of drug-likeness (QED) is 0.528. The van der Waals surface area contributed by atoms with Gasteiger partial charge in [0.1, 0.15) is 11.5 Å². The van der Waals surface area contributed by atoms with Crippen molar-refractivity contribution in [2.45, 2.75) is 39.5 Å². The van der Waals surface area contributed by atoms with Crippen LogP contribution in [0.25, 0.3) is 0 Å². The maximum atomic E-state index is 9.49. The predicted molar refractivity (Wildman–Crippen MR) is 77.1 cm³/mol. The fraction of sp³-hybridized carbons (Fsp3) is 0.571. The molecule has 0 aliphatic carbocycles. The molecule has 0 aromatic heterocycles. The van der Waals surface area contributed by atoms with Crippen LogP contribution in [0, 0.1) is 0 Å². The summed E-state index contributed by atoms with van der Waals surface area (Å²) in [6, 6.07) is 5.27.